The van der Waals surface area contributed by atoms with Crippen LogP contribution in [0.1, 0.15) is 0 Å². The van der Waals surface area contributed by atoms with E-state index in [9.17, 15) is 17.6 Å². The summed E-state index contributed by atoms with van der Waals surface area (Å²) in [7, 11) is 0. The molecule has 0 aliphatic carbocycles. The van der Waals surface area contributed by atoms with Gasteiger partial charge in [0, 0.05) is 13.1 Å². The Morgan fingerprint density at radius 1 is 1.43 bits per heavy atom. The predicted octanol–water partition coefficient (Wildman–Crippen LogP) is -0.0765. The van der Waals surface area contributed by atoms with Crippen molar-refractivity contribution < 1.29 is 32.6 Å². The number of aliphatic hydroxyl groups is 1. The zero-order valence-electron chi connectivity index (χ0n) is 6.94. The number of aliphatic carboxylic acids is 1. The second kappa shape index (κ2) is 4.56. The first-order valence-corrected chi connectivity index (χ1v) is 3.52. The molecule has 1 aliphatic rings. The standard InChI is InChI=1S/C4H8FNO.C2HF3O2/c5-4(3-7)1-6-2-4;3-2(4,5)1(6)7/h6-7H,1-3H2;(H,6,7). The Morgan fingerprint density at radius 2 is 1.79 bits per heavy atom. The lowest BCUT2D eigenvalue weighted by molar-refractivity contribution is -0.192. The highest BCUT2D eigenvalue weighted by Gasteiger charge is 2.38. The normalized spacial score (nSPS) is 18.9. The Hall–Kier alpha value is -0.890. The number of alkyl halides is 4. The molecule has 0 radical (unpaired) electrons. The minimum atomic E-state index is -5.08. The third-order valence-electron chi connectivity index (χ3n) is 1.41. The van der Waals surface area contributed by atoms with Gasteiger partial charge >= 0.3 is 12.1 Å². The number of carboxylic acid groups (broad SMARTS) is 1. The van der Waals surface area contributed by atoms with Crippen LogP contribution in [0.15, 0.2) is 0 Å². The van der Waals surface area contributed by atoms with Crippen LogP contribution in [0.3, 0.4) is 0 Å². The molecule has 1 heterocycles. The summed E-state index contributed by atoms with van der Waals surface area (Å²) in [5, 5.41) is 18.1. The van der Waals surface area contributed by atoms with Crippen molar-refractivity contribution in [2.24, 2.45) is 0 Å². The van der Waals surface area contributed by atoms with Crippen molar-refractivity contribution >= 4 is 5.97 Å². The van der Waals surface area contributed by atoms with Gasteiger partial charge in [-0.15, -0.1) is 0 Å². The van der Waals surface area contributed by atoms with Crippen molar-refractivity contribution in [1.29, 1.82) is 0 Å². The molecule has 0 aromatic heterocycles. The molecule has 84 valence electrons. The summed E-state index contributed by atoms with van der Waals surface area (Å²) >= 11 is 0. The van der Waals surface area contributed by atoms with Gasteiger partial charge in [0.25, 0.3) is 0 Å². The molecule has 0 atom stereocenters. The van der Waals surface area contributed by atoms with Gasteiger partial charge in [0.1, 0.15) is 0 Å². The van der Waals surface area contributed by atoms with Crippen molar-refractivity contribution in [3.05, 3.63) is 0 Å². The fourth-order valence-electron chi connectivity index (χ4n) is 0.508. The molecule has 0 saturated carbocycles. The number of halogens is 4. The highest BCUT2D eigenvalue weighted by atomic mass is 19.4. The SMILES string of the molecule is O=C(O)C(F)(F)F.OCC1(F)CNC1. The molecular formula is C6H9F4NO3. The first kappa shape index (κ1) is 13.1. The Balaban J connectivity index is 0.000000241. The summed E-state index contributed by atoms with van der Waals surface area (Å²) in [4.78, 5) is 8.90. The van der Waals surface area contributed by atoms with Gasteiger partial charge in [-0.2, -0.15) is 13.2 Å². The van der Waals surface area contributed by atoms with Crippen molar-refractivity contribution in [2.45, 2.75) is 11.8 Å². The van der Waals surface area contributed by atoms with Crippen molar-refractivity contribution in [3.63, 3.8) is 0 Å². The van der Waals surface area contributed by atoms with E-state index in [1.807, 2.05) is 0 Å². The smallest absolute Gasteiger partial charge is 0.475 e. The highest BCUT2D eigenvalue weighted by molar-refractivity contribution is 5.73. The van der Waals surface area contributed by atoms with Crippen molar-refractivity contribution in [1.82, 2.24) is 5.32 Å². The maximum absolute atomic E-state index is 12.3. The van der Waals surface area contributed by atoms with E-state index < -0.39 is 17.8 Å². The number of hydrogen-bond acceptors (Lipinski definition) is 3. The monoisotopic (exact) mass is 219 g/mol. The van der Waals surface area contributed by atoms with Gasteiger partial charge < -0.3 is 15.5 Å². The highest BCUT2D eigenvalue weighted by Crippen LogP contribution is 2.14. The molecule has 0 unspecified atom stereocenters. The number of hydrogen-bond donors (Lipinski definition) is 3. The van der Waals surface area contributed by atoms with Crippen LogP contribution < -0.4 is 5.32 Å². The topological polar surface area (TPSA) is 69.6 Å². The molecule has 8 heteroatoms. The molecule has 1 rings (SSSR count). The third-order valence-corrected chi connectivity index (χ3v) is 1.41. The minimum Gasteiger partial charge on any atom is -0.475 e. The molecule has 1 saturated heterocycles. The lowest BCUT2D eigenvalue weighted by Gasteiger charge is -2.32. The Bertz CT molecular complexity index is 196. The lowest BCUT2D eigenvalue weighted by atomic mass is 10.0. The van der Waals surface area contributed by atoms with E-state index in [4.69, 9.17) is 15.0 Å². The molecule has 3 N–H and O–H groups in total. The number of nitrogens with one attached hydrogen (secondary N) is 1. The first-order valence-electron chi connectivity index (χ1n) is 3.52. The maximum Gasteiger partial charge on any atom is 0.490 e. The molecule has 1 fully saturated rings. The molecule has 14 heavy (non-hydrogen) atoms. The molecule has 0 bridgehead atoms. The van der Waals surface area contributed by atoms with Crippen LogP contribution in [-0.4, -0.2) is 47.7 Å². The van der Waals surface area contributed by atoms with Crippen LogP contribution in [0, 0.1) is 0 Å². The number of carbonyl (C=O) groups is 1. The molecular weight excluding hydrogens is 210 g/mol. The van der Waals surface area contributed by atoms with Gasteiger partial charge in [0.15, 0.2) is 5.67 Å². The molecule has 1 aliphatic heterocycles. The van der Waals surface area contributed by atoms with Gasteiger partial charge in [-0.1, -0.05) is 0 Å². The summed E-state index contributed by atoms with van der Waals surface area (Å²) in [6, 6.07) is 0. The van der Waals surface area contributed by atoms with E-state index in [-0.39, 0.29) is 6.61 Å². The van der Waals surface area contributed by atoms with Crippen LogP contribution in [0.5, 0.6) is 0 Å². The van der Waals surface area contributed by atoms with E-state index in [0.29, 0.717) is 13.1 Å². The second-order valence-electron chi connectivity index (χ2n) is 2.72. The second-order valence-corrected chi connectivity index (χ2v) is 2.72. The van der Waals surface area contributed by atoms with Crippen LogP contribution >= 0.6 is 0 Å². The van der Waals surface area contributed by atoms with Gasteiger partial charge in [0.05, 0.1) is 6.61 Å². The van der Waals surface area contributed by atoms with Gasteiger partial charge in [0.2, 0.25) is 0 Å². The lowest BCUT2D eigenvalue weighted by Crippen LogP contribution is -2.58. The predicted molar refractivity (Wildman–Crippen MR) is 37.5 cm³/mol. The molecule has 0 amide bonds. The Kier molecular flexibility index (Phi) is 4.27. The number of rotatable bonds is 1. The van der Waals surface area contributed by atoms with E-state index in [1.54, 1.807) is 0 Å². The van der Waals surface area contributed by atoms with Crippen LogP contribution in [0.2, 0.25) is 0 Å². The maximum atomic E-state index is 12.3. The molecule has 0 aromatic carbocycles. The van der Waals surface area contributed by atoms with E-state index >= 15 is 0 Å². The molecule has 0 spiro atoms. The molecule has 4 nitrogen and oxygen atoms in total. The number of aliphatic hydroxyl groups excluding tert-OH is 1. The van der Waals surface area contributed by atoms with Crippen molar-refractivity contribution in [3.8, 4) is 0 Å². The largest absolute Gasteiger partial charge is 0.490 e. The first-order chi connectivity index (χ1) is 6.21. The van der Waals surface area contributed by atoms with Crippen LogP contribution in [0.4, 0.5) is 17.6 Å². The average molecular weight is 219 g/mol. The Labute approximate surface area is 76.5 Å². The Morgan fingerprint density at radius 3 is 1.79 bits per heavy atom. The van der Waals surface area contributed by atoms with Gasteiger partial charge in [-0.05, 0) is 0 Å². The molecule has 0 aromatic rings. The summed E-state index contributed by atoms with van der Waals surface area (Å²) in [6.45, 7) is 0.271. The summed E-state index contributed by atoms with van der Waals surface area (Å²) in [6.07, 6.45) is -5.08. The summed E-state index contributed by atoms with van der Waals surface area (Å²) < 4.78 is 44.1. The summed E-state index contributed by atoms with van der Waals surface area (Å²) in [5.41, 5.74) is -1.29. The van der Waals surface area contributed by atoms with E-state index in [0.717, 1.165) is 0 Å². The average Bonchev–Trinajstić information content (AvgIpc) is 1.99. The summed E-state index contributed by atoms with van der Waals surface area (Å²) in [5.74, 6) is -2.76. The fourth-order valence-corrected chi connectivity index (χ4v) is 0.508. The van der Waals surface area contributed by atoms with Gasteiger partial charge in [-0.25, -0.2) is 9.18 Å². The fraction of sp³-hybridized carbons (Fsp3) is 0.833. The van der Waals surface area contributed by atoms with E-state index in [1.165, 1.54) is 0 Å². The number of carboxylic acids is 1. The van der Waals surface area contributed by atoms with Crippen molar-refractivity contribution in [2.75, 3.05) is 19.7 Å². The quantitative estimate of drug-likeness (QED) is 0.540. The third kappa shape index (κ3) is 4.38. The van der Waals surface area contributed by atoms with E-state index in [2.05, 4.69) is 5.32 Å². The van der Waals surface area contributed by atoms with Crippen LogP contribution in [-0.2, 0) is 4.79 Å². The zero-order valence-corrected chi connectivity index (χ0v) is 6.94. The zero-order chi connectivity index (χ0) is 11.4. The minimum absolute atomic E-state index is 0.309. The van der Waals surface area contributed by atoms with Gasteiger partial charge in [-0.3, -0.25) is 0 Å². The van der Waals surface area contributed by atoms with Crippen LogP contribution in [0.25, 0.3) is 0 Å².